The van der Waals surface area contributed by atoms with Gasteiger partial charge in [-0.05, 0) is 92.6 Å². The van der Waals surface area contributed by atoms with Gasteiger partial charge in [0.2, 0.25) is 0 Å². The van der Waals surface area contributed by atoms with Gasteiger partial charge in [0.1, 0.15) is 0 Å². The van der Waals surface area contributed by atoms with Gasteiger partial charge in [-0.3, -0.25) is 0 Å². The Bertz CT molecular complexity index is 487. The molecular weight excluding hydrogens is 292 g/mol. The highest BCUT2D eigenvalue weighted by Gasteiger charge is 2.30. The highest BCUT2D eigenvalue weighted by atomic mass is 16.5. The van der Waals surface area contributed by atoms with E-state index < -0.39 is 0 Å². The van der Waals surface area contributed by atoms with Crippen molar-refractivity contribution in [2.75, 3.05) is 7.11 Å². The van der Waals surface area contributed by atoms with Gasteiger partial charge in [-0.2, -0.15) is 0 Å². The fourth-order valence-corrected chi connectivity index (χ4v) is 5.11. The number of hydrogen-bond acceptors (Lipinski definition) is 1. The summed E-state index contributed by atoms with van der Waals surface area (Å²) in [6.07, 6.45) is 14.9. The summed E-state index contributed by atoms with van der Waals surface area (Å²) in [5.74, 6) is 3.73. The largest absolute Gasteiger partial charge is 0.380 e. The zero-order valence-corrected chi connectivity index (χ0v) is 15.4. The van der Waals surface area contributed by atoms with E-state index in [0.717, 1.165) is 30.3 Å². The van der Waals surface area contributed by atoms with Gasteiger partial charge in [0.25, 0.3) is 0 Å². The molecule has 2 aliphatic carbocycles. The average molecular weight is 327 g/mol. The number of benzene rings is 1. The molecule has 0 heterocycles. The molecule has 1 nitrogen and oxygen atoms in total. The summed E-state index contributed by atoms with van der Waals surface area (Å²) < 4.78 is 5.21. The first-order valence-corrected chi connectivity index (χ1v) is 9.98. The molecule has 1 aromatic carbocycles. The molecule has 24 heavy (non-hydrogen) atoms. The van der Waals surface area contributed by atoms with Crippen molar-refractivity contribution in [3.05, 3.63) is 48.0 Å². The summed E-state index contributed by atoms with van der Waals surface area (Å²) in [6, 6.07) is 9.15. The Hall–Kier alpha value is -1.08. The Morgan fingerprint density at radius 2 is 1.50 bits per heavy atom. The average Bonchev–Trinajstić information content (AvgIpc) is 2.64. The van der Waals surface area contributed by atoms with Crippen LogP contribution in [0.1, 0.15) is 74.8 Å². The third-order valence-electron chi connectivity index (χ3n) is 6.59. The van der Waals surface area contributed by atoms with Crippen LogP contribution in [0.3, 0.4) is 0 Å². The van der Waals surface area contributed by atoms with Gasteiger partial charge in [0, 0.05) is 7.11 Å². The lowest BCUT2D eigenvalue weighted by Crippen LogP contribution is -2.25. The molecule has 1 aromatic rings. The zero-order valence-electron chi connectivity index (χ0n) is 15.4. The second kappa shape index (κ2) is 8.85. The topological polar surface area (TPSA) is 9.23 Å². The second-order valence-corrected chi connectivity index (χ2v) is 8.09. The normalized spacial score (nSPS) is 30.9. The molecule has 1 heteroatoms. The van der Waals surface area contributed by atoms with Crippen molar-refractivity contribution in [2.45, 2.75) is 70.3 Å². The van der Waals surface area contributed by atoms with Gasteiger partial charge in [0.15, 0.2) is 0 Å². The van der Waals surface area contributed by atoms with Gasteiger partial charge in [-0.1, -0.05) is 30.3 Å². The molecular formula is C23H34O. The summed E-state index contributed by atoms with van der Waals surface area (Å²) in [5.41, 5.74) is 2.83. The van der Waals surface area contributed by atoms with Crippen LogP contribution in [0.2, 0.25) is 0 Å². The monoisotopic (exact) mass is 326 g/mol. The highest BCUT2D eigenvalue weighted by molar-refractivity contribution is 5.25. The van der Waals surface area contributed by atoms with Crippen LogP contribution in [0.5, 0.6) is 0 Å². The van der Waals surface area contributed by atoms with Crippen molar-refractivity contribution in [3.63, 3.8) is 0 Å². The summed E-state index contributed by atoms with van der Waals surface area (Å²) in [6.45, 7) is 4.63. The first-order chi connectivity index (χ1) is 11.8. The predicted molar refractivity (Wildman–Crippen MR) is 102 cm³/mol. The molecule has 0 aliphatic heterocycles. The lowest BCUT2D eigenvalue weighted by Gasteiger charge is -2.38. The Morgan fingerprint density at radius 1 is 0.917 bits per heavy atom. The van der Waals surface area contributed by atoms with E-state index in [9.17, 15) is 0 Å². The third kappa shape index (κ3) is 4.51. The van der Waals surface area contributed by atoms with E-state index in [1.54, 1.807) is 12.7 Å². The van der Waals surface area contributed by atoms with Crippen LogP contribution in [0.4, 0.5) is 0 Å². The molecule has 0 atom stereocenters. The molecule has 0 spiro atoms. The van der Waals surface area contributed by atoms with E-state index in [1.807, 2.05) is 0 Å². The van der Waals surface area contributed by atoms with Crippen molar-refractivity contribution < 1.29 is 4.74 Å². The maximum absolute atomic E-state index is 5.21. The fraction of sp³-hybridized carbons (Fsp3) is 0.652. The summed E-state index contributed by atoms with van der Waals surface area (Å²) >= 11 is 0. The molecule has 0 unspecified atom stereocenters. The Labute approximate surface area is 148 Å². The van der Waals surface area contributed by atoms with Crippen molar-refractivity contribution in [1.82, 2.24) is 0 Å². The number of allylic oxidation sites excluding steroid dienone is 1. The van der Waals surface area contributed by atoms with Crippen molar-refractivity contribution in [2.24, 2.45) is 17.8 Å². The Kier molecular flexibility index (Phi) is 6.54. The molecule has 2 aliphatic rings. The Balaban J connectivity index is 1.46. The molecule has 0 radical (unpaired) electrons. The molecule has 0 saturated heterocycles. The number of methoxy groups -OCH3 is 1. The third-order valence-corrected chi connectivity index (χ3v) is 6.59. The zero-order chi connectivity index (χ0) is 16.8. The number of hydrogen-bond donors (Lipinski definition) is 0. The maximum Gasteiger partial charge on any atom is 0.0713 e. The van der Waals surface area contributed by atoms with Crippen molar-refractivity contribution >= 4 is 0 Å². The first kappa shape index (κ1) is 17.7. The SMILES string of the molecule is C=CC[C@H]1CC[C@H]([C@H]2CC[C@H](c3ccc(COC)cc3)CC2)CC1. The smallest absolute Gasteiger partial charge is 0.0713 e. The van der Waals surface area contributed by atoms with Gasteiger partial charge in [-0.15, -0.1) is 6.58 Å². The van der Waals surface area contributed by atoms with Crippen molar-refractivity contribution in [3.8, 4) is 0 Å². The van der Waals surface area contributed by atoms with Gasteiger partial charge in [0.05, 0.1) is 6.61 Å². The quantitative estimate of drug-likeness (QED) is 0.543. The van der Waals surface area contributed by atoms with Crippen LogP contribution >= 0.6 is 0 Å². The van der Waals surface area contributed by atoms with Crippen LogP contribution < -0.4 is 0 Å². The van der Waals surface area contributed by atoms with Crippen LogP contribution in [-0.4, -0.2) is 7.11 Å². The van der Waals surface area contributed by atoms with E-state index in [-0.39, 0.29) is 0 Å². The number of rotatable bonds is 6. The summed E-state index contributed by atoms with van der Waals surface area (Å²) in [5, 5.41) is 0. The van der Waals surface area contributed by atoms with Crippen molar-refractivity contribution in [1.29, 1.82) is 0 Å². The van der Waals surface area contributed by atoms with Crippen LogP contribution in [0, 0.1) is 17.8 Å². The van der Waals surface area contributed by atoms with E-state index in [1.165, 1.54) is 63.4 Å². The van der Waals surface area contributed by atoms with Gasteiger partial charge < -0.3 is 4.74 Å². The first-order valence-electron chi connectivity index (χ1n) is 9.98. The molecule has 2 fully saturated rings. The number of ether oxygens (including phenoxy) is 1. The lowest BCUT2D eigenvalue weighted by molar-refractivity contribution is 0.160. The molecule has 0 amide bonds. The fourth-order valence-electron chi connectivity index (χ4n) is 5.11. The van der Waals surface area contributed by atoms with E-state index in [4.69, 9.17) is 4.74 Å². The standard InChI is InChI=1S/C23H34O/c1-3-4-18-5-9-20(10-6-18)22-13-15-23(16-14-22)21-11-7-19(8-12-21)17-24-2/h3,7-8,11-12,18,20,22-23H,1,4-6,9-10,13-17H2,2H3/t18-,20-,22-,23-. The molecule has 2 saturated carbocycles. The Morgan fingerprint density at radius 3 is 2.04 bits per heavy atom. The van der Waals surface area contributed by atoms with Crippen LogP contribution in [-0.2, 0) is 11.3 Å². The van der Waals surface area contributed by atoms with Gasteiger partial charge in [-0.25, -0.2) is 0 Å². The molecule has 0 N–H and O–H groups in total. The van der Waals surface area contributed by atoms with E-state index >= 15 is 0 Å². The molecule has 0 aromatic heterocycles. The molecule has 132 valence electrons. The maximum atomic E-state index is 5.21. The van der Waals surface area contributed by atoms with Gasteiger partial charge >= 0.3 is 0 Å². The minimum absolute atomic E-state index is 0.724. The lowest BCUT2D eigenvalue weighted by atomic mass is 9.68. The van der Waals surface area contributed by atoms with Crippen LogP contribution in [0.25, 0.3) is 0 Å². The highest BCUT2D eigenvalue weighted by Crippen LogP contribution is 2.44. The minimum atomic E-state index is 0.724. The minimum Gasteiger partial charge on any atom is -0.380 e. The second-order valence-electron chi connectivity index (χ2n) is 8.09. The predicted octanol–water partition coefficient (Wildman–Crippen LogP) is 6.49. The van der Waals surface area contributed by atoms with Crippen LogP contribution in [0.15, 0.2) is 36.9 Å². The van der Waals surface area contributed by atoms with E-state index in [2.05, 4.69) is 36.9 Å². The summed E-state index contributed by atoms with van der Waals surface area (Å²) in [7, 11) is 1.76. The summed E-state index contributed by atoms with van der Waals surface area (Å²) in [4.78, 5) is 0. The molecule has 3 rings (SSSR count). The molecule has 0 bridgehead atoms. The van der Waals surface area contributed by atoms with E-state index in [0.29, 0.717) is 0 Å².